The van der Waals surface area contributed by atoms with Gasteiger partial charge in [-0.25, -0.2) is 0 Å². The SMILES string of the molecule is Cc1ccc(N2CN(c3ccc(Cl)cc3)c3[nH]ncc3C2=N)cc1. The van der Waals surface area contributed by atoms with E-state index in [-0.39, 0.29) is 0 Å². The number of rotatable bonds is 2. The summed E-state index contributed by atoms with van der Waals surface area (Å²) in [5, 5.41) is 16.4. The molecule has 0 unspecified atom stereocenters. The maximum Gasteiger partial charge on any atom is 0.141 e. The first-order valence-electron chi connectivity index (χ1n) is 7.63. The van der Waals surface area contributed by atoms with Crippen molar-refractivity contribution in [1.82, 2.24) is 10.2 Å². The first-order chi connectivity index (χ1) is 11.6. The van der Waals surface area contributed by atoms with Crippen molar-refractivity contribution in [2.45, 2.75) is 6.92 Å². The number of hydrogen-bond acceptors (Lipinski definition) is 3. The van der Waals surface area contributed by atoms with Gasteiger partial charge in [0.15, 0.2) is 0 Å². The molecule has 2 aromatic carbocycles. The lowest BCUT2D eigenvalue weighted by molar-refractivity contribution is 0.893. The molecule has 0 saturated carbocycles. The van der Waals surface area contributed by atoms with E-state index in [0.29, 0.717) is 17.5 Å². The molecule has 3 aromatic rings. The fourth-order valence-electron chi connectivity index (χ4n) is 2.85. The van der Waals surface area contributed by atoms with Crippen molar-refractivity contribution in [3.63, 3.8) is 0 Å². The lowest BCUT2D eigenvalue weighted by atomic mass is 10.1. The Balaban J connectivity index is 1.78. The molecule has 0 amide bonds. The third kappa shape index (κ3) is 2.43. The molecule has 0 atom stereocenters. The number of amidine groups is 1. The van der Waals surface area contributed by atoms with Crippen molar-refractivity contribution >= 4 is 34.6 Å². The van der Waals surface area contributed by atoms with E-state index >= 15 is 0 Å². The Morgan fingerprint density at radius 1 is 1.00 bits per heavy atom. The lowest BCUT2D eigenvalue weighted by Gasteiger charge is -2.37. The Morgan fingerprint density at radius 3 is 2.33 bits per heavy atom. The molecule has 24 heavy (non-hydrogen) atoms. The number of hydrogen-bond donors (Lipinski definition) is 2. The second-order valence-electron chi connectivity index (χ2n) is 5.79. The highest BCUT2D eigenvalue weighted by Crippen LogP contribution is 2.34. The molecule has 0 spiro atoms. The molecule has 6 heteroatoms. The molecule has 2 heterocycles. The van der Waals surface area contributed by atoms with Crippen molar-refractivity contribution in [2.24, 2.45) is 0 Å². The minimum absolute atomic E-state index is 0.438. The van der Waals surface area contributed by atoms with Crippen LogP contribution in [0.15, 0.2) is 54.7 Å². The molecule has 1 aromatic heterocycles. The van der Waals surface area contributed by atoms with Gasteiger partial charge in [0.25, 0.3) is 0 Å². The van der Waals surface area contributed by atoms with Crippen molar-refractivity contribution in [2.75, 3.05) is 16.5 Å². The zero-order chi connectivity index (χ0) is 16.7. The van der Waals surface area contributed by atoms with Gasteiger partial charge in [-0.2, -0.15) is 5.10 Å². The fourth-order valence-corrected chi connectivity index (χ4v) is 2.98. The minimum Gasteiger partial charge on any atom is -0.308 e. The number of aryl methyl sites for hydroxylation is 1. The van der Waals surface area contributed by atoms with Crippen LogP contribution in [-0.2, 0) is 0 Å². The summed E-state index contributed by atoms with van der Waals surface area (Å²) in [4.78, 5) is 4.06. The summed E-state index contributed by atoms with van der Waals surface area (Å²) in [5.41, 5.74) is 3.95. The number of aromatic nitrogens is 2. The van der Waals surface area contributed by atoms with Crippen LogP contribution in [-0.4, -0.2) is 22.7 Å². The maximum atomic E-state index is 8.54. The number of halogens is 1. The van der Waals surface area contributed by atoms with E-state index in [1.807, 2.05) is 41.3 Å². The minimum atomic E-state index is 0.438. The van der Waals surface area contributed by atoms with Gasteiger partial charge in [-0.05, 0) is 43.3 Å². The molecule has 0 aliphatic carbocycles. The first-order valence-corrected chi connectivity index (χ1v) is 8.01. The Morgan fingerprint density at radius 2 is 1.62 bits per heavy atom. The topological polar surface area (TPSA) is 59.0 Å². The van der Waals surface area contributed by atoms with Gasteiger partial charge in [0.2, 0.25) is 0 Å². The van der Waals surface area contributed by atoms with Crippen molar-refractivity contribution in [1.29, 1.82) is 5.41 Å². The Labute approximate surface area is 145 Å². The molecule has 1 aliphatic rings. The largest absolute Gasteiger partial charge is 0.308 e. The van der Waals surface area contributed by atoms with Crippen LogP contribution in [0.4, 0.5) is 17.2 Å². The third-order valence-electron chi connectivity index (χ3n) is 4.18. The molecule has 0 fully saturated rings. The van der Waals surface area contributed by atoms with Gasteiger partial charge in [-0.15, -0.1) is 0 Å². The highest BCUT2D eigenvalue weighted by molar-refractivity contribution is 6.30. The standard InChI is InChI=1S/C18H16ClN5/c1-12-2-6-14(7-3-12)23-11-24(15-8-4-13(19)5-9-15)18-16(17(23)20)10-21-22-18/h2-10,20H,11H2,1H3,(H,21,22). The summed E-state index contributed by atoms with van der Waals surface area (Å²) in [6.07, 6.45) is 1.70. The number of nitrogens with one attached hydrogen (secondary N) is 2. The predicted octanol–water partition coefficient (Wildman–Crippen LogP) is 4.31. The normalized spacial score (nSPS) is 14.0. The monoisotopic (exact) mass is 337 g/mol. The van der Waals surface area contributed by atoms with Crippen molar-refractivity contribution < 1.29 is 0 Å². The van der Waals surface area contributed by atoms with Gasteiger partial charge in [0.1, 0.15) is 18.3 Å². The van der Waals surface area contributed by atoms with Crippen molar-refractivity contribution in [3.05, 3.63) is 70.9 Å². The van der Waals surface area contributed by atoms with E-state index in [1.165, 1.54) is 5.56 Å². The van der Waals surface area contributed by atoms with Crippen LogP contribution in [0, 0.1) is 12.3 Å². The summed E-state index contributed by atoms with van der Waals surface area (Å²) in [7, 11) is 0. The lowest BCUT2D eigenvalue weighted by Crippen LogP contribution is -2.44. The highest BCUT2D eigenvalue weighted by Gasteiger charge is 2.30. The molecule has 1 aliphatic heterocycles. The van der Waals surface area contributed by atoms with Crippen LogP contribution in [0.2, 0.25) is 5.02 Å². The van der Waals surface area contributed by atoms with Crippen LogP contribution in [0.5, 0.6) is 0 Å². The second kappa shape index (κ2) is 5.69. The molecule has 4 rings (SSSR count). The fraction of sp³-hybridized carbons (Fsp3) is 0.111. The molecule has 0 radical (unpaired) electrons. The van der Waals surface area contributed by atoms with E-state index in [2.05, 4.69) is 34.2 Å². The summed E-state index contributed by atoms with van der Waals surface area (Å²) < 4.78 is 0. The zero-order valence-corrected chi connectivity index (χ0v) is 13.9. The summed E-state index contributed by atoms with van der Waals surface area (Å²) in [6, 6.07) is 15.8. The van der Waals surface area contributed by atoms with Crippen LogP contribution in [0.3, 0.4) is 0 Å². The first kappa shape index (κ1) is 14.8. The molecule has 120 valence electrons. The van der Waals surface area contributed by atoms with E-state index in [4.69, 9.17) is 17.0 Å². The van der Waals surface area contributed by atoms with Crippen LogP contribution in [0.25, 0.3) is 0 Å². The molecule has 5 nitrogen and oxygen atoms in total. The summed E-state index contributed by atoms with van der Waals surface area (Å²) >= 11 is 6.01. The number of fused-ring (bicyclic) bond motifs is 1. The maximum absolute atomic E-state index is 8.54. The van der Waals surface area contributed by atoms with Gasteiger partial charge in [-0.3, -0.25) is 10.5 Å². The number of nitrogens with zero attached hydrogens (tertiary/aromatic N) is 3. The number of H-pyrrole nitrogens is 1. The molecule has 0 bridgehead atoms. The Bertz CT molecular complexity index is 883. The zero-order valence-electron chi connectivity index (χ0n) is 13.1. The van der Waals surface area contributed by atoms with Gasteiger partial charge in [0, 0.05) is 16.4 Å². The van der Waals surface area contributed by atoms with Gasteiger partial charge in [-0.1, -0.05) is 29.3 Å². The third-order valence-corrected chi connectivity index (χ3v) is 4.43. The Kier molecular flexibility index (Phi) is 3.50. The van der Waals surface area contributed by atoms with E-state index in [9.17, 15) is 0 Å². The molecule has 2 N–H and O–H groups in total. The average molecular weight is 338 g/mol. The molecular weight excluding hydrogens is 322 g/mol. The highest BCUT2D eigenvalue weighted by atomic mass is 35.5. The average Bonchev–Trinajstić information content (AvgIpc) is 3.08. The Hall–Kier alpha value is -2.79. The van der Waals surface area contributed by atoms with Gasteiger partial charge < -0.3 is 9.80 Å². The molecule has 0 saturated heterocycles. The quantitative estimate of drug-likeness (QED) is 0.732. The van der Waals surface area contributed by atoms with E-state index in [0.717, 1.165) is 22.8 Å². The van der Waals surface area contributed by atoms with Crippen LogP contribution in [0.1, 0.15) is 11.1 Å². The van der Waals surface area contributed by atoms with Crippen molar-refractivity contribution in [3.8, 4) is 0 Å². The van der Waals surface area contributed by atoms with Gasteiger partial charge >= 0.3 is 0 Å². The van der Waals surface area contributed by atoms with E-state index in [1.54, 1.807) is 6.20 Å². The molecular formula is C18H16ClN5. The summed E-state index contributed by atoms with van der Waals surface area (Å²) in [6.45, 7) is 2.58. The summed E-state index contributed by atoms with van der Waals surface area (Å²) in [5.74, 6) is 1.26. The smallest absolute Gasteiger partial charge is 0.141 e. The number of aromatic amines is 1. The van der Waals surface area contributed by atoms with E-state index < -0.39 is 0 Å². The van der Waals surface area contributed by atoms with Crippen LogP contribution < -0.4 is 9.80 Å². The second-order valence-corrected chi connectivity index (χ2v) is 6.23. The predicted molar refractivity (Wildman–Crippen MR) is 97.5 cm³/mol. The number of anilines is 3. The van der Waals surface area contributed by atoms with Gasteiger partial charge in [0.05, 0.1) is 11.8 Å². The number of benzene rings is 2. The van der Waals surface area contributed by atoms with Crippen LogP contribution >= 0.6 is 11.6 Å².